The van der Waals surface area contributed by atoms with E-state index in [9.17, 15) is 0 Å². The summed E-state index contributed by atoms with van der Waals surface area (Å²) in [6.07, 6.45) is 7.83. The van der Waals surface area contributed by atoms with Gasteiger partial charge in [0.05, 0.1) is 0 Å². The van der Waals surface area contributed by atoms with Gasteiger partial charge in [-0.25, -0.2) is 0 Å². The summed E-state index contributed by atoms with van der Waals surface area (Å²) in [5, 5.41) is 0. The number of hydrogen-bond donors (Lipinski definition) is 0. The zero-order chi connectivity index (χ0) is 9.40. The molecule has 0 aromatic heterocycles. The fraction of sp³-hybridized carbons (Fsp3) is 0.636. The summed E-state index contributed by atoms with van der Waals surface area (Å²) in [5.41, 5.74) is 1.52. The standard InChI is InChI=1S/C11H19Br/c1-4-7-10(8-5-2)11(12)9-6-3/h4H,1,5-9H2,2-3H3/b11-10+. The lowest BCUT2D eigenvalue weighted by Gasteiger charge is -2.06. The van der Waals surface area contributed by atoms with Gasteiger partial charge in [0.2, 0.25) is 0 Å². The zero-order valence-corrected chi connectivity index (χ0v) is 9.78. The van der Waals surface area contributed by atoms with Gasteiger partial charge in [-0.2, -0.15) is 0 Å². The van der Waals surface area contributed by atoms with Crippen molar-refractivity contribution in [1.29, 1.82) is 0 Å². The second kappa shape index (κ2) is 7.60. The van der Waals surface area contributed by atoms with E-state index in [1.54, 1.807) is 0 Å². The molecule has 0 aliphatic rings. The Hall–Kier alpha value is -0.0400. The molecular weight excluding hydrogens is 212 g/mol. The number of allylic oxidation sites excluding steroid dienone is 3. The van der Waals surface area contributed by atoms with Crippen molar-refractivity contribution >= 4 is 15.9 Å². The van der Waals surface area contributed by atoms with Crippen LogP contribution in [0.15, 0.2) is 22.7 Å². The maximum Gasteiger partial charge on any atom is -0.00543 e. The highest BCUT2D eigenvalue weighted by Gasteiger charge is 2.00. The van der Waals surface area contributed by atoms with Gasteiger partial charge in [0, 0.05) is 0 Å². The Morgan fingerprint density at radius 2 is 1.83 bits per heavy atom. The van der Waals surface area contributed by atoms with Gasteiger partial charge >= 0.3 is 0 Å². The van der Waals surface area contributed by atoms with Crippen molar-refractivity contribution in [3.05, 3.63) is 22.7 Å². The largest absolute Gasteiger partial charge is 0.103 e. The Morgan fingerprint density at radius 3 is 2.25 bits per heavy atom. The normalized spacial score (nSPS) is 12.6. The van der Waals surface area contributed by atoms with Gasteiger partial charge in [0.15, 0.2) is 0 Å². The van der Waals surface area contributed by atoms with Crippen molar-refractivity contribution in [3.8, 4) is 0 Å². The van der Waals surface area contributed by atoms with Crippen LogP contribution in [0.2, 0.25) is 0 Å². The molecular formula is C11H19Br. The molecule has 0 spiro atoms. The van der Waals surface area contributed by atoms with Crippen LogP contribution in [0.5, 0.6) is 0 Å². The van der Waals surface area contributed by atoms with Crippen LogP contribution in [0.3, 0.4) is 0 Å². The van der Waals surface area contributed by atoms with E-state index in [1.165, 1.54) is 35.7 Å². The predicted octanol–water partition coefficient (Wildman–Crippen LogP) is 4.81. The maximum atomic E-state index is 3.77. The molecule has 0 radical (unpaired) electrons. The third-order valence-corrected chi connectivity index (χ3v) is 2.75. The van der Waals surface area contributed by atoms with Crippen LogP contribution in [-0.4, -0.2) is 0 Å². The highest BCUT2D eigenvalue weighted by atomic mass is 79.9. The molecule has 0 atom stereocenters. The quantitative estimate of drug-likeness (QED) is 0.575. The molecule has 0 saturated heterocycles. The van der Waals surface area contributed by atoms with Crippen molar-refractivity contribution in [2.24, 2.45) is 0 Å². The van der Waals surface area contributed by atoms with Gasteiger partial charge in [0.1, 0.15) is 0 Å². The lowest BCUT2D eigenvalue weighted by atomic mass is 10.1. The molecule has 0 heterocycles. The van der Waals surface area contributed by atoms with E-state index < -0.39 is 0 Å². The first kappa shape index (κ1) is 12.0. The fourth-order valence-electron chi connectivity index (χ4n) is 1.22. The molecule has 0 amide bonds. The summed E-state index contributed by atoms with van der Waals surface area (Å²) >= 11 is 3.64. The van der Waals surface area contributed by atoms with Gasteiger partial charge in [-0.15, -0.1) is 6.58 Å². The fourth-order valence-corrected chi connectivity index (χ4v) is 1.98. The molecule has 0 aliphatic heterocycles. The summed E-state index contributed by atoms with van der Waals surface area (Å²) in [4.78, 5) is 0. The Morgan fingerprint density at radius 1 is 1.25 bits per heavy atom. The minimum Gasteiger partial charge on any atom is -0.103 e. The minimum absolute atomic E-state index is 1.04. The molecule has 0 N–H and O–H groups in total. The van der Waals surface area contributed by atoms with Crippen LogP contribution in [0, 0.1) is 0 Å². The van der Waals surface area contributed by atoms with Crippen molar-refractivity contribution in [3.63, 3.8) is 0 Å². The molecule has 0 aromatic carbocycles. The zero-order valence-electron chi connectivity index (χ0n) is 8.20. The van der Waals surface area contributed by atoms with Crippen molar-refractivity contribution in [2.45, 2.75) is 46.0 Å². The van der Waals surface area contributed by atoms with Crippen molar-refractivity contribution in [2.75, 3.05) is 0 Å². The molecule has 0 aromatic rings. The van der Waals surface area contributed by atoms with Crippen LogP contribution < -0.4 is 0 Å². The summed E-state index contributed by atoms with van der Waals surface area (Å²) in [6.45, 7) is 8.19. The second-order valence-corrected chi connectivity index (χ2v) is 3.96. The molecule has 0 nitrogen and oxygen atoms in total. The Balaban J connectivity index is 4.20. The van der Waals surface area contributed by atoms with E-state index in [-0.39, 0.29) is 0 Å². The van der Waals surface area contributed by atoms with E-state index >= 15 is 0 Å². The van der Waals surface area contributed by atoms with Gasteiger partial charge in [-0.05, 0) is 23.7 Å². The highest BCUT2D eigenvalue weighted by molar-refractivity contribution is 9.11. The smallest absolute Gasteiger partial charge is 0.00543 e. The topological polar surface area (TPSA) is 0 Å². The summed E-state index contributed by atoms with van der Waals surface area (Å²) in [7, 11) is 0. The average molecular weight is 231 g/mol. The monoisotopic (exact) mass is 230 g/mol. The lowest BCUT2D eigenvalue weighted by molar-refractivity contribution is 0.849. The molecule has 0 fully saturated rings. The Bertz CT molecular complexity index is 156. The molecule has 1 heteroatoms. The van der Waals surface area contributed by atoms with E-state index in [0.717, 1.165) is 6.42 Å². The maximum absolute atomic E-state index is 3.77. The second-order valence-electron chi connectivity index (χ2n) is 3.00. The third-order valence-electron chi connectivity index (χ3n) is 1.80. The Labute approximate surface area is 84.9 Å². The van der Waals surface area contributed by atoms with Gasteiger partial charge < -0.3 is 0 Å². The number of rotatable bonds is 6. The predicted molar refractivity (Wildman–Crippen MR) is 60.6 cm³/mol. The third kappa shape index (κ3) is 4.76. The van der Waals surface area contributed by atoms with E-state index in [1.807, 2.05) is 6.08 Å². The van der Waals surface area contributed by atoms with Crippen LogP contribution in [-0.2, 0) is 0 Å². The van der Waals surface area contributed by atoms with Crippen LogP contribution >= 0.6 is 15.9 Å². The molecule has 0 bridgehead atoms. The van der Waals surface area contributed by atoms with Crippen molar-refractivity contribution in [1.82, 2.24) is 0 Å². The highest BCUT2D eigenvalue weighted by Crippen LogP contribution is 2.24. The Kier molecular flexibility index (Phi) is 7.58. The van der Waals surface area contributed by atoms with Crippen molar-refractivity contribution < 1.29 is 0 Å². The van der Waals surface area contributed by atoms with Gasteiger partial charge in [-0.1, -0.05) is 54.3 Å². The molecule has 0 unspecified atom stereocenters. The van der Waals surface area contributed by atoms with Gasteiger partial charge in [-0.3, -0.25) is 0 Å². The minimum atomic E-state index is 1.04. The van der Waals surface area contributed by atoms with Crippen LogP contribution in [0.25, 0.3) is 0 Å². The summed E-state index contributed by atoms with van der Waals surface area (Å²) in [5.74, 6) is 0. The summed E-state index contributed by atoms with van der Waals surface area (Å²) < 4.78 is 1.40. The van der Waals surface area contributed by atoms with Gasteiger partial charge in [0.25, 0.3) is 0 Å². The molecule has 0 rings (SSSR count). The van der Waals surface area contributed by atoms with Crippen LogP contribution in [0.1, 0.15) is 46.0 Å². The first-order valence-electron chi connectivity index (χ1n) is 4.73. The van der Waals surface area contributed by atoms with E-state index in [4.69, 9.17) is 0 Å². The molecule has 12 heavy (non-hydrogen) atoms. The number of halogens is 1. The number of hydrogen-bond acceptors (Lipinski definition) is 0. The molecule has 0 saturated carbocycles. The van der Waals surface area contributed by atoms with E-state index in [2.05, 4.69) is 36.4 Å². The average Bonchev–Trinajstić information content (AvgIpc) is 2.04. The van der Waals surface area contributed by atoms with E-state index in [0.29, 0.717) is 0 Å². The molecule has 70 valence electrons. The SMILES string of the molecule is C=CC/C(CCC)=C(\Br)CCC. The summed E-state index contributed by atoms with van der Waals surface area (Å²) in [6, 6.07) is 0. The first-order valence-corrected chi connectivity index (χ1v) is 5.52. The van der Waals surface area contributed by atoms with Crippen LogP contribution in [0.4, 0.5) is 0 Å². The molecule has 0 aliphatic carbocycles. The first-order chi connectivity index (χ1) is 5.76. The lowest BCUT2D eigenvalue weighted by Crippen LogP contribution is -1.85.